The molecule has 0 unspecified atom stereocenters. The lowest BCUT2D eigenvalue weighted by molar-refractivity contribution is -0.355. The van der Waals surface area contributed by atoms with Crippen molar-refractivity contribution in [2.45, 2.75) is 23.1 Å². The van der Waals surface area contributed by atoms with Gasteiger partial charge in [0.25, 0.3) is 0 Å². The van der Waals surface area contributed by atoms with Crippen molar-refractivity contribution in [2.75, 3.05) is 0 Å². The smallest absolute Gasteiger partial charge is 0.234 e. The highest BCUT2D eigenvalue weighted by Crippen LogP contribution is 2.63. The van der Waals surface area contributed by atoms with E-state index in [0.29, 0.717) is 0 Å². The van der Waals surface area contributed by atoms with E-state index >= 15 is 0 Å². The van der Waals surface area contributed by atoms with Crippen LogP contribution in [0.1, 0.15) is 0 Å². The van der Waals surface area contributed by atoms with Gasteiger partial charge in [0.2, 0.25) is 6.17 Å². The molecule has 0 radical (unpaired) electrons. The third kappa shape index (κ3) is 0.685. The van der Waals surface area contributed by atoms with Crippen LogP contribution in [0.3, 0.4) is 0 Å². The molecule has 0 bridgehead atoms. The largest absolute Gasteiger partial charge is 0.338 e. The summed E-state index contributed by atoms with van der Waals surface area (Å²) in [7, 11) is 0. The van der Waals surface area contributed by atoms with E-state index in [1.807, 2.05) is 0 Å². The quantitative estimate of drug-likeness (QED) is 0.414. The first-order valence-corrected chi connectivity index (χ1v) is 2.81. The fourth-order valence-electron chi connectivity index (χ4n) is 0.690. The molecule has 11 heavy (non-hydrogen) atoms. The summed E-state index contributed by atoms with van der Waals surface area (Å²) < 4.78 is 71.2. The van der Waals surface area contributed by atoms with Crippen molar-refractivity contribution >= 4 is 11.6 Å². The Bertz CT molecular complexity index is 169. The molecule has 0 saturated heterocycles. The summed E-state index contributed by atoms with van der Waals surface area (Å²) >= 11 is 4.08. The maximum Gasteiger partial charge on any atom is 0.338 e. The SMILES string of the molecule is FC1C(F)(F)C(F)(Cl)C1(F)F. The van der Waals surface area contributed by atoms with Gasteiger partial charge in [0.15, 0.2) is 0 Å². The summed E-state index contributed by atoms with van der Waals surface area (Å²) in [6, 6.07) is 0. The number of hydrogen-bond donors (Lipinski definition) is 0. The highest BCUT2D eigenvalue weighted by Gasteiger charge is 2.89. The molecule has 0 amide bonds. The van der Waals surface area contributed by atoms with Gasteiger partial charge in [0.05, 0.1) is 0 Å². The maximum atomic E-state index is 12.0. The van der Waals surface area contributed by atoms with E-state index in [2.05, 4.69) is 11.6 Å². The van der Waals surface area contributed by atoms with Crippen LogP contribution in [0, 0.1) is 0 Å². The van der Waals surface area contributed by atoms with Gasteiger partial charge in [-0.3, -0.25) is 0 Å². The second-order valence-corrected chi connectivity index (χ2v) is 2.70. The maximum absolute atomic E-state index is 12.0. The first-order chi connectivity index (χ1) is 4.65. The Morgan fingerprint density at radius 2 is 1.18 bits per heavy atom. The van der Waals surface area contributed by atoms with Crippen molar-refractivity contribution in [3.8, 4) is 0 Å². The van der Waals surface area contributed by atoms with E-state index < -0.39 is 23.1 Å². The van der Waals surface area contributed by atoms with Crippen molar-refractivity contribution < 1.29 is 26.3 Å². The Hall–Kier alpha value is -0.130. The fourth-order valence-corrected chi connectivity index (χ4v) is 0.882. The van der Waals surface area contributed by atoms with Crippen LogP contribution in [-0.2, 0) is 0 Å². The summed E-state index contributed by atoms with van der Waals surface area (Å²) in [5, 5.41) is -4.58. The monoisotopic (exact) mass is 198 g/mol. The molecule has 0 atom stereocenters. The van der Waals surface area contributed by atoms with Crippen LogP contribution in [0.15, 0.2) is 0 Å². The molecule has 0 aromatic rings. The Balaban J connectivity index is 2.98. The van der Waals surface area contributed by atoms with Crippen LogP contribution >= 0.6 is 11.6 Å². The Labute approximate surface area is 62.1 Å². The van der Waals surface area contributed by atoms with E-state index in [-0.39, 0.29) is 0 Å². The molecule has 1 aliphatic rings. The van der Waals surface area contributed by atoms with Gasteiger partial charge in [-0.1, -0.05) is 11.6 Å². The standard InChI is InChI=1S/C4HClF6/c5-4(11)2(7,8)1(6)3(4,9)10/h1H. The van der Waals surface area contributed by atoms with Crippen molar-refractivity contribution in [2.24, 2.45) is 0 Å². The van der Waals surface area contributed by atoms with Gasteiger partial charge in [0.1, 0.15) is 0 Å². The second-order valence-electron chi connectivity index (χ2n) is 2.18. The van der Waals surface area contributed by atoms with Gasteiger partial charge in [-0.2, -0.15) is 17.6 Å². The van der Waals surface area contributed by atoms with Gasteiger partial charge in [0, 0.05) is 0 Å². The molecule has 0 aromatic heterocycles. The second kappa shape index (κ2) is 1.78. The highest BCUT2D eigenvalue weighted by molar-refractivity contribution is 6.25. The summed E-state index contributed by atoms with van der Waals surface area (Å²) in [6.07, 6.45) is -3.84. The lowest BCUT2D eigenvalue weighted by Gasteiger charge is -2.47. The van der Waals surface area contributed by atoms with Crippen LogP contribution in [-0.4, -0.2) is 23.1 Å². The predicted octanol–water partition coefficient (Wildman–Crippen LogP) is 2.51. The Kier molecular flexibility index (Phi) is 1.45. The molecule has 0 spiro atoms. The predicted molar refractivity (Wildman–Crippen MR) is 24.5 cm³/mol. The topological polar surface area (TPSA) is 0 Å². The molecular weight excluding hydrogens is 197 g/mol. The van der Waals surface area contributed by atoms with Crippen LogP contribution in [0.2, 0.25) is 0 Å². The molecule has 1 saturated carbocycles. The minimum absolute atomic E-state index is 3.84. The molecule has 0 aromatic carbocycles. The van der Waals surface area contributed by atoms with Crippen LogP contribution in [0.5, 0.6) is 0 Å². The van der Waals surface area contributed by atoms with E-state index in [1.165, 1.54) is 0 Å². The molecule has 0 nitrogen and oxygen atoms in total. The minimum atomic E-state index is -4.81. The van der Waals surface area contributed by atoms with Crippen LogP contribution in [0.25, 0.3) is 0 Å². The van der Waals surface area contributed by atoms with Gasteiger partial charge in [-0.05, 0) is 0 Å². The number of rotatable bonds is 0. The molecule has 1 fully saturated rings. The normalized spacial score (nSPS) is 46.6. The van der Waals surface area contributed by atoms with Crippen LogP contribution < -0.4 is 0 Å². The first kappa shape index (κ1) is 8.96. The molecule has 0 N–H and O–H groups in total. The fraction of sp³-hybridized carbons (Fsp3) is 1.00. The highest BCUT2D eigenvalue weighted by atomic mass is 35.5. The minimum Gasteiger partial charge on any atom is -0.234 e. The van der Waals surface area contributed by atoms with Crippen molar-refractivity contribution in [3.63, 3.8) is 0 Å². The van der Waals surface area contributed by atoms with Crippen molar-refractivity contribution in [3.05, 3.63) is 0 Å². The third-order valence-corrected chi connectivity index (χ3v) is 1.98. The lowest BCUT2D eigenvalue weighted by Crippen LogP contribution is -2.75. The molecule has 1 rings (SSSR count). The Morgan fingerprint density at radius 3 is 1.27 bits per heavy atom. The molecule has 66 valence electrons. The average Bonchev–Trinajstić information content (AvgIpc) is 1.84. The summed E-state index contributed by atoms with van der Waals surface area (Å²) in [5.74, 6) is -9.61. The summed E-state index contributed by atoms with van der Waals surface area (Å²) in [6.45, 7) is 0. The van der Waals surface area contributed by atoms with E-state index in [4.69, 9.17) is 0 Å². The number of hydrogen-bond acceptors (Lipinski definition) is 0. The van der Waals surface area contributed by atoms with Gasteiger partial charge < -0.3 is 0 Å². The molecule has 0 aliphatic heterocycles. The zero-order valence-corrected chi connectivity index (χ0v) is 5.48. The molecular formula is C4HClF6. The summed E-state index contributed by atoms with van der Waals surface area (Å²) in [4.78, 5) is 0. The van der Waals surface area contributed by atoms with E-state index in [0.717, 1.165) is 0 Å². The van der Waals surface area contributed by atoms with E-state index in [9.17, 15) is 26.3 Å². The molecule has 7 heteroatoms. The zero-order valence-electron chi connectivity index (χ0n) is 4.72. The van der Waals surface area contributed by atoms with Crippen molar-refractivity contribution in [1.82, 2.24) is 0 Å². The molecule has 1 aliphatic carbocycles. The van der Waals surface area contributed by atoms with Gasteiger partial charge in [-0.25, -0.2) is 8.78 Å². The van der Waals surface area contributed by atoms with Gasteiger partial charge >= 0.3 is 17.0 Å². The lowest BCUT2D eigenvalue weighted by atomic mass is 9.84. The van der Waals surface area contributed by atoms with Gasteiger partial charge in [-0.15, -0.1) is 0 Å². The number of halogens is 7. The van der Waals surface area contributed by atoms with E-state index in [1.54, 1.807) is 0 Å². The summed E-state index contributed by atoms with van der Waals surface area (Å²) in [5.41, 5.74) is 0. The third-order valence-electron chi connectivity index (χ3n) is 1.47. The Morgan fingerprint density at radius 1 is 0.909 bits per heavy atom. The zero-order chi connectivity index (χ0) is 9.08. The first-order valence-electron chi connectivity index (χ1n) is 2.43. The van der Waals surface area contributed by atoms with Crippen LogP contribution in [0.4, 0.5) is 26.3 Å². The molecule has 0 heterocycles. The van der Waals surface area contributed by atoms with Crippen molar-refractivity contribution in [1.29, 1.82) is 0 Å². The number of alkyl halides is 7. The average molecular weight is 198 g/mol.